The largest absolute Gasteiger partial charge is 0.416 e. The summed E-state index contributed by atoms with van der Waals surface area (Å²) < 4.78 is 41.6. The second-order valence-electron chi connectivity index (χ2n) is 10.3. The summed E-state index contributed by atoms with van der Waals surface area (Å²) in [5.41, 5.74) is 2.78. The molecule has 0 fully saturated rings. The molecule has 42 heavy (non-hydrogen) atoms. The Hall–Kier alpha value is -3.14. The SMILES string of the molecule is CCCC(c1ccc(C(=O)NCCCO)cc1)C(C1=CC=CCC1)C1=c2cc(C(F)(F)F)cc(Cl)c2=NN(C)C1.CO. The van der Waals surface area contributed by atoms with Crippen molar-refractivity contribution < 1.29 is 28.2 Å². The number of amides is 1. The lowest BCUT2D eigenvalue weighted by atomic mass is 9.71. The number of hydrogen-bond donors (Lipinski definition) is 3. The number of rotatable bonds is 10. The standard InChI is InChI=1S/C31H35ClF3N3O2.CH4O/c1-3-8-24(20-11-13-22(14-12-20)30(40)36-15-7-16-39)28(21-9-5-4-6-10-21)26-19-38(2)37-29-25(26)17-23(18-27(29)32)31(33,34)35;1-2/h4-5,9,11-14,17-18,24,28,39H,3,6-8,10,15-16,19H2,1-2H3,(H,36,40);2H,1H3. The van der Waals surface area contributed by atoms with Gasteiger partial charge in [-0.2, -0.15) is 18.3 Å². The van der Waals surface area contributed by atoms with Crippen LogP contribution >= 0.6 is 11.6 Å². The molecule has 0 radical (unpaired) electrons. The van der Waals surface area contributed by atoms with Crippen LogP contribution in [-0.4, -0.2) is 55.0 Å². The van der Waals surface area contributed by atoms with Gasteiger partial charge < -0.3 is 15.5 Å². The zero-order valence-electron chi connectivity index (χ0n) is 24.2. The van der Waals surface area contributed by atoms with Crippen LogP contribution in [0.5, 0.6) is 0 Å². The van der Waals surface area contributed by atoms with Crippen molar-refractivity contribution in [3.05, 3.63) is 92.5 Å². The van der Waals surface area contributed by atoms with Crippen LogP contribution in [-0.2, 0) is 6.18 Å². The third-order valence-electron chi connectivity index (χ3n) is 7.45. The highest BCUT2D eigenvalue weighted by atomic mass is 35.5. The van der Waals surface area contributed by atoms with Crippen LogP contribution in [0.3, 0.4) is 0 Å². The average molecular weight is 606 g/mol. The molecule has 0 aromatic heterocycles. The number of benzene rings is 2. The first-order valence-corrected chi connectivity index (χ1v) is 14.5. The van der Waals surface area contributed by atoms with E-state index in [4.69, 9.17) is 21.8 Å². The van der Waals surface area contributed by atoms with E-state index >= 15 is 0 Å². The quantitative estimate of drug-likeness (QED) is 0.326. The lowest BCUT2D eigenvalue weighted by Gasteiger charge is -2.35. The zero-order chi connectivity index (χ0) is 30.9. The number of halogens is 4. The van der Waals surface area contributed by atoms with Gasteiger partial charge in [-0.3, -0.25) is 9.80 Å². The van der Waals surface area contributed by atoms with Crippen LogP contribution in [0.4, 0.5) is 13.2 Å². The monoisotopic (exact) mass is 605 g/mol. The van der Waals surface area contributed by atoms with E-state index in [1.165, 1.54) is 6.07 Å². The molecule has 2 atom stereocenters. The number of hydrogen-bond acceptors (Lipinski definition) is 5. The molecule has 2 aliphatic rings. The third kappa shape index (κ3) is 8.02. The summed E-state index contributed by atoms with van der Waals surface area (Å²) in [4.78, 5) is 12.5. The molecular weight excluding hydrogens is 567 g/mol. The summed E-state index contributed by atoms with van der Waals surface area (Å²) >= 11 is 6.41. The molecule has 1 heterocycles. The van der Waals surface area contributed by atoms with Crippen LogP contribution in [0.15, 0.2) is 65.3 Å². The van der Waals surface area contributed by atoms with E-state index in [0.29, 0.717) is 35.6 Å². The number of fused-ring (bicyclic) bond motifs is 1. The van der Waals surface area contributed by atoms with Gasteiger partial charge in [0, 0.05) is 44.0 Å². The van der Waals surface area contributed by atoms with Crippen molar-refractivity contribution in [1.29, 1.82) is 0 Å². The first-order chi connectivity index (χ1) is 20.1. The molecule has 3 N–H and O–H groups in total. The fourth-order valence-electron chi connectivity index (χ4n) is 5.62. The van der Waals surface area contributed by atoms with Crippen molar-refractivity contribution in [2.75, 3.05) is 33.9 Å². The highest BCUT2D eigenvalue weighted by molar-refractivity contribution is 6.30. The van der Waals surface area contributed by atoms with Crippen molar-refractivity contribution in [3.63, 3.8) is 0 Å². The highest BCUT2D eigenvalue weighted by Gasteiger charge is 2.35. The Balaban J connectivity index is 0.00000237. The second-order valence-corrected chi connectivity index (χ2v) is 10.7. The molecule has 1 amide bonds. The molecular formula is C32H39ClF3N3O3. The Labute approximate surface area is 249 Å². The van der Waals surface area contributed by atoms with Crippen LogP contribution in [0.25, 0.3) is 5.57 Å². The van der Waals surface area contributed by atoms with E-state index in [2.05, 4.69) is 29.5 Å². The Morgan fingerprint density at radius 3 is 2.50 bits per heavy atom. The number of carbonyl (C=O) groups is 1. The van der Waals surface area contributed by atoms with Gasteiger partial charge in [-0.1, -0.05) is 60.9 Å². The molecule has 0 bridgehead atoms. The average Bonchev–Trinajstić information content (AvgIpc) is 2.98. The van der Waals surface area contributed by atoms with Crippen LogP contribution in [0.1, 0.15) is 66.4 Å². The van der Waals surface area contributed by atoms with Gasteiger partial charge in [0.25, 0.3) is 5.91 Å². The van der Waals surface area contributed by atoms with Crippen LogP contribution in [0, 0.1) is 5.92 Å². The maximum absolute atomic E-state index is 13.9. The van der Waals surface area contributed by atoms with Gasteiger partial charge in [0.15, 0.2) is 0 Å². The molecule has 1 aliphatic carbocycles. The summed E-state index contributed by atoms with van der Waals surface area (Å²) in [5.74, 6) is -0.417. The molecule has 2 aromatic carbocycles. The molecule has 0 saturated carbocycles. The number of alkyl halides is 3. The van der Waals surface area contributed by atoms with Gasteiger partial charge in [-0.25, -0.2) is 0 Å². The highest BCUT2D eigenvalue weighted by Crippen LogP contribution is 2.42. The molecule has 2 unspecified atom stereocenters. The zero-order valence-corrected chi connectivity index (χ0v) is 25.0. The van der Waals surface area contributed by atoms with E-state index < -0.39 is 11.7 Å². The summed E-state index contributed by atoms with van der Waals surface area (Å²) in [6.45, 7) is 2.87. The van der Waals surface area contributed by atoms with E-state index in [9.17, 15) is 18.0 Å². The lowest BCUT2D eigenvalue weighted by Crippen LogP contribution is -2.42. The van der Waals surface area contributed by atoms with E-state index in [1.807, 2.05) is 25.3 Å². The molecule has 6 nitrogen and oxygen atoms in total. The predicted octanol–water partition coefficient (Wildman–Crippen LogP) is 5.19. The molecule has 0 spiro atoms. The Bertz CT molecular complexity index is 1410. The molecule has 4 rings (SSSR count). The predicted molar refractivity (Wildman–Crippen MR) is 159 cm³/mol. The maximum atomic E-state index is 13.9. The molecule has 1 aliphatic heterocycles. The van der Waals surface area contributed by atoms with Crippen LogP contribution in [0.2, 0.25) is 5.02 Å². The number of nitrogens with one attached hydrogen (secondary N) is 1. The molecule has 10 heteroatoms. The van der Waals surface area contributed by atoms with Gasteiger partial charge in [0.2, 0.25) is 0 Å². The van der Waals surface area contributed by atoms with Gasteiger partial charge in [0.1, 0.15) is 5.36 Å². The van der Waals surface area contributed by atoms with E-state index in [0.717, 1.165) is 55.6 Å². The van der Waals surface area contributed by atoms with Crippen molar-refractivity contribution in [3.8, 4) is 0 Å². The summed E-state index contributed by atoms with van der Waals surface area (Å²) in [6, 6.07) is 9.63. The van der Waals surface area contributed by atoms with Gasteiger partial charge in [0.05, 0.1) is 17.1 Å². The Morgan fingerprint density at radius 1 is 1.19 bits per heavy atom. The van der Waals surface area contributed by atoms with Crippen molar-refractivity contribution in [2.45, 2.75) is 51.1 Å². The molecule has 0 saturated heterocycles. The van der Waals surface area contributed by atoms with Gasteiger partial charge >= 0.3 is 6.18 Å². The van der Waals surface area contributed by atoms with Crippen molar-refractivity contribution >= 4 is 23.1 Å². The number of carbonyl (C=O) groups excluding carboxylic acids is 1. The molecule has 2 aromatic rings. The third-order valence-corrected chi connectivity index (χ3v) is 7.74. The van der Waals surface area contributed by atoms with Gasteiger partial charge in [-0.15, -0.1) is 0 Å². The Morgan fingerprint density at radius 2 is 1.90 bits per heavy atom. The van der Waals surface area contributed by atoms with Crippen LogP contribution < -0.4 is 15.9 Å². The van der Waals surface area contributed by atoms with Crippen molar-refractivity contribution in [2.24, 2.45) is 11.0 Å². The smallest absolute Gasteiger partial charge is 0.400 e. The minimum Gasteiger partial charge on any atom is -0.400 e. The second kappa shape index (κ2) is 15.4. The first kappa shape index (κ1) is 33.4. The summed E-state index contributed by atoms with van der Waals surface area (Å²) in [5, 5.41) is 25.8. The van der Waals surface area contributed by atoms with E-state index in [1.54, 1.807) is 17.1 Å². The Kier molecular flexibility index (Phi) is 12.2. The number of aliphatic hydroxyl groups is 2. The minimum atomic E-state index is -4.54. The summed E-state index contributed by atoms with van der Waals surface area (Å²) in [6.07, 6.45) is 5.49. The van der Waals surface area contributed by atoms with E-state index in [-0.39, 0.29) is 29.4 Å². The normalized spacial score (nSPS) is 16.0. The minimum absolute atomic E-state index is 0.00441. The molecule has 228 valence electrons. The topological polar surface area (TPSA) is 85.2 Å². The number of aliphatic hydroxyl groups excluding tert-OH is 2. The van der Waals surface area contributed by atoms with Crippen molar-refractivity contribution in [1.82, 2.24) is 10.3 Å². The maximum Gasteiger partial charge on any atom is 0.416 e. The lowest BCUT2D eigenvalue weighted by molar-refractivity contribution is -0.137. The summed E-state index contributed by atoms with van der Waals surface area (Å²) in [7, 11) is 2.81. The number of nitrogens with zero attached hydrogens (tertiary/aromatic N) is 2. The fraction of sp³-hybridized carbons (Fsp3) is 0.438. The fourth-order valence-corrected chi connectivity index (χ4v) is 5.88. The van der Waals surface area contributed by atoms with Gasteiger partial charge in [-0.05, 0) is 67.0 Å². The first-order valence-electron chi connectivity index (χ1n) is 14.1. The number of allylic oxidation sites excluding steroid dienone is 4.